The normalized spacial score (nSPS) is 11.6. The number of halogens is 1. The van der Waals surface area contributed by atoms with Crippen molar-refractivity contribution in [2.45, 2.75) is 26.4 Å². The van der Waals surface area contributed by atoms with Gasteiger partial charge in [-0.3, -0.25) is 9.55 Å². The van der Waals surface area contributed by atoms with Crippen LogP contribution in [-0.4, -0.2) is 35.2 Å². The van der Waals surface area contributed by atoms with Crippen molar-refractivity contribution >= 4 is 23.3 Å². The lowest BCUT2D eigenvalue weighted by Gasteiger charge is -2.13. The number of carbonyl (C=O) groups is 1. The van der Waals surface area contributed by atoms with Gasteiger partial charge in [0.1, 0.15) is 5.75 Å². The zero-order chi connectivity index (χ0) is 25.8. The van der Waals surface area contributed by atoms with Crippen LogP contribution in [0.4, 0.5) is 5.69 Å². The van der Waals surface area contributed by atoms with Crippen LogP contribution in [-0.2, 0) is 6.54 Å². The molecule has 0 aliphatic rings. The number of H-pyrrole nitrogens is 1. The molecular weight excluding hydrogens is 488 g/mol. The third kappa shape index (κ3) is 5.58. The second-order valence-electron chi connectivity index (χ2n) is 7.95. The molecule has 4 rings (SSSR count). The van der Waals surface area contributed by atoms with E-state index in [1.165, 1.54) is 16.8 Å². The van der Waals surface area contributed by atoms with Gasteiger partial charge in [-0.2, -0.15) is 4.98 Å². The van der Waals surface area contributed by atoms with Crippen LogP contribution in [0.25, 0.3) is 0 Å². The van der Waals surface area contributed by atoms with E-state index in [0.717, 1.165) is 10.1 Å². The Morgan fingerprint density at radius 1 is 1.11 bits per heavy atom. The molecule has 0 saturated heterocycles. The monoisotopic (exact) mass is 508 g/mol. The molecule has 0 atom stereocenters. The first-order valence-corrected chi connectivity index (χ1v) is 11.2. The quantitative estimate of drug-likeness (QED) is 0.390. The third-order valence-electron chi connectivity index (χ3n) is 5.03. The number of hydrogen-bond acceptors (Lipinski definition) is 7. The van der Waals surface area contributed by atoms with Gasteiger partial charge in [0.05, 0.1) is 12.2 Å². The molecule has 0 spiro atoms. The molecule has 0 fully saturated rings. The minimum absolute atomic E-state index is 0.0722. The summed E-state index contributed by atoms with van der Waals surface area (Å²) in [6.07, 6.45) is 1.28. The number of carboxylic acids is 1. The second-order valence-corrected chi connectivity index (χ2v) is 8.39. The van der Waals surface area contributed by atoms with Gasteiger partial charge in [0.2, 0.25) is 5.62 Å². The average Bonchev–Trinajstić information content (AvgIpc) is 2.84. The summed E-state index contributed by atoms with van der Waals surface area (Å²) in [6.45, 7) is 3.65. The Labute approximate surface area is 209 Å². The van der Waals surface area contributed by atoms with Gasteiger partial charge in [0.25, 0.3) is 0 Å². The fourth-order valence-electron chi connectivity index (χ4n) is 3.31. The summed E-state index contributed by atoms with van der Waals surface area (Å²) < 4.78 is 8.01. The van der Waals surface area contributed by atoms with Gasteiger partial charge in [0, 0.05) is 17.3 Å². The zero-order valence-electron chi connectivity index (χ0n) is 19.3. The summed E-state index contributed by atoms with van der Waals surface area (Å²) in [6, 6.07) is 14.2. The number of nitrogens with one attached hydrogen (secondary N) is 1. The number of carboxylic acid groups (broad SMARTS) is 1. The average molecular weight is 509 g/mol. The molecule has 2 heterocycles. The van der Waals surface area contributed by atoms with Gasteiger partial charge in [-0.15, -0.1) is 0 Å². The fraction of sp³-hybridized carbons (Fsp3) is 0.167. The molecule has 11 nitrogen and oxygen atoms in total. The van der Waals surface area contributed by atoms with Crippen molar-refractivity contribution in [1.29, 1.82) is 0 Å². The molecule has 0 amide bonds. The van der Waals surface area contributed by atoms with Gasteiger partial charge in [-0.25, -0.2) is 28.9 Å². The minimum atomic E-state index is -1.20. The van der Waals surface area contributed by atoms with Crippen molar-refractivity contribution in [3.05, 3.63) is 104 Å². The van der Waals surface area contributed by atoms with E-state index in [1.54, 1.807) is 62.4 Å². The van der Waals surface area contributed by atoms with E-state index >= 15 is 0 Å². The first-order valence-electron chi connectivity index (χ1n) is 10.8. The van der Waals surface area contributed by atoms with Gasteiger partial charge >= 0.3 is 23.4 Å². The van der Waals surface area contributed by atoms with Gasteiger partial charge < -0.3 is 9.84 Å². The predicted molar refractivity (Wildman–Crippen MR) is 131 cm³/mol. The lowest BCUT2D eigenvalue weighted by atomic mass is 10.2. The van der Waals surface area contributed by atoms with Crippen molar-refractivity contribution in [2.75, 3.05) is 0 Å². The van der Waals surface area contributed by atoms with Crippen LogP contribution in [0.3, 0.4) is 0 Å². The molecule has 0 aliphatic heterocycles. The first kappa shape index (κ1) is 24.6. The summed E-state index contributed by atoms with van der Waals surface area (Å²) >= 11 is 5.97. The molecule has 2 N–H and O–H groups in total. The summed E-state index contributed by atoms with van der Waals surface area (Å²) in [5.74, 6) is -0.856. The highest BCUT2D eigenvalue weighted by molar-refractivity contribution is 6.30. The smallest absolute Gasteiger partial charge is 0.354 e. The summed E-state index contributed by atoms with van der Waals surface area (Å²) in [7, 11) is 0. The topological polar surface area (TPSA) is 144 Å². The molecule has 36 heavy (non-hydrogen) atoms. The van der Waals surface area contributed by atoms with Crippen LogP contribution >= 0.6 is 11.6 Å². The van der Waals surface area contributed by atoms with Crippen LogP contribution in [0.5, 0.6) is 11.8 Å². The van der Waals surface area contributed by atoms with Crippen LogP contribution in [0.15, 0.2) is 75.4 Å². The second kappa shape index (κ2) is 10.4. The van der Waals surface area contributed by atoms with Crippen molar-refractivity contribution in [3.63, 3.8) is 0 Å². The maximum atomic E-state index is 13.2. The molecular formula is C24H21ClN6O5. The Morgan fingerprint density at radius 2 is 1.81 bits per heavy atom. The lowest BCUT2D eigenvalue weighted by Crippen LogP contribution is -2.50. The summed E-state index contributed by atoms with van der Waals surface area (Å²) in [5.41, 5.74) is 0.0340. The number of aromatic carboxylic acids is 1. The number of ether oxygens (including phenoxy) is 1. The Bertz CT molecular complexity index is 1590. The van der Waals surface area contributed by atoms with E-state index in [4.69, 9.17) is 21.4 Å². The standard InChI is InChI=1S/C24H21ClN6O5/c1-14(2)31-23(34)29-21(30(24(31)35)13-15-3-5-16(25)6-4-15)27-17-7-9-18(10-8-17)36-22-26-12-11-19(28-22)20(32)33/h3-12,14H,13H2,1-2H3,(H,32,33)(H,27,29,34). The molecule has 0 radical (unpaired) electrons. The molecule has 0 aliphatic carbocycles. The first-order chi connectivity index (χ1) is 17.2. The zero-order valence-corrected chi connectivity index (χ0v) is 20.0. The van der Waals surface area contributed by atoms with E-state index in [9.17, 15) is 14.4 Å². The van der Waals surface area contributed by atoms with Gasteiger partial charge in [0.15, 0.2) is 5.69 Å². The number of nitrogens with zero attached hydrogens (tertiary/aromatic N) is 5. The molecule has 4 aromatic rings. The van der Waals surface area contributed by atoms with Crippen LogP contribution in [0.1, 0.15) is 35.9 Å². The van der Waals surface area contributed by atoms with Crippen LogP contribution in [0.2, 0.25) is 5.02 Å². The van der Waals surface area contributed by atoms with Crippen LogP contribution < -0.4 is 21.7 Å². The Morgan fingerprint density at radius 3 is 2.44 bits per heavy atom. The van der Waals surface area contributed by atoms with Gasteiger partial charge in [-0.1, -0.05) is 23.7 Å². The molecule has 12 heteroatoms. The van der Waals surface area contributed by atoms with E-state index in [1.807, 2.05) is 0 Å². The Hall–Kier alpha value is -4.51. The SMILES string of the molecule is CC(C)n1c(=O)[nH]/c(=N\c2ccc(Oc3nccc(C(=O)O)n3)cc2)n(Cc2ccc(Cl)cc2)c1=O. The van der Waals surface area contributed by atoms with E-state index < -0.39 is 17.3 Å². The molecule has 184 valence electrons. The molecule has 2 aromatic carbocycles. The number of aromatic amines is 1. The molecule has 0 saturated carbocycles. The minimum Gasteiger partial charge on any atom is -0.477 e. The number of aromatic nitrogens is 5. The molecule has 2 aromatic heterocycles. The van der Waals surface area contributed by atoms with Gasteiger partial charge in [-0.05, 0) is 61.9 Å². The highest BCUT2D eigenvalue weighted by atomic mass is 35.5. The Balaban J connectivity index is 1.71. The summed E-state index contributed by atoms with van der Waals surface area (Å²) in [4.78, 5) is 51.7. The lowest BCUT2D eigenvalue weighted by molar-refractivity contribution is 0.0689. The number of hydrogen-bond donors (Lipinski definition) is 2. The van der Waals surface area contributed by atoms with E-state index in [-0.39, 0.29) is 29.9 Å². The van der Waals surface area contributed by atoms with Crippen molar-refractivity contribution in [1.82, 2.24) is 24.1 Å². The van der Waals surface area contributed by atoms with E-state index in [0.29, 0.717) is 16.5 Å². The van der Waals surface area contributed by atoms with E-state index in [2.05, 4.69) is 19.9 Å². The highest BCUT2D eigenvalue weighted by Crippen LogP contribution is 2.21. The molecule has 0 unspecified atom stereocenters. The molecule has 0 bridgehead atoms. The van der Waals surface area contributed by atoms with Crippen molar-refractivity contribution in [3.8, 4) is 11.8 Å². The Kier molecular flexibility index (Phi) is 7.11. The third-order valence-corrected chi connectivity index (χ3v) is 5.29. The summed E-state index contributed by atoms with van der Waals surface area (Å²) in [5, 5.41) is 9.62. The highest BCUT2D eigenvalue weighted by Gasteiger charge is 2.13. The van der Waals surface area contributed by atoms with Crippen LogP contribution in [0, 0.1) is 0 Å². The van der Waals surface area contributed by atoms with Crippen molar-refractivity contribution in [2.24, 2.45) is 4.99 Å². The fourth-order valence-corrected chi connectivity index (χ4v) is 3.44. The predicted octanol–water partition coefficient (Wildman–Crippen LogP) is 3.13. The maximum Gasteiger partial charge on any atom is 0.354 e. The number of benzene rings is 2. The largest absolute Gasteiger partial charge is 0.477 e. The van der Waals surface area contributed by atoms with Crippen molar-refractivity contribution < 1.29 is 14.6 Å². The maximum absolute atomic E-state index is 13.2. The number of rotatable bonds is 7.